The molecule has 10 heteroatoms. The van der Waals surface area contributed by atoms with Crippen LogP contribution >= 0.6 is 0 Å². The van der Waals surface area contributed by atoms with E-state index in [1.807, 2.05) is 6.92 Å². The first-order chi connectivity index (χ1) is 13.2. The Morgan fingerprint density at radius 1 is 1.32 bits per heavy atom. The van der Waals surface area contributed by atoms with E-state index >= 15 is 0 Å². The minimum absolute atomic E-state index is 0.0836. The lowest BCUT2D eigenvalue weighted by Gasteiger charge is -2.23. The number of aromatic nitrogens is 2. The van der Waals surface area contributed by atoms with Crippen LogP contribution in [0.5, 0.6) is 0 Å². The summed E-state index contributed by atoms with van der Waals surface area (Å²) in [7, 11) is 0. The number of H-pyrrole nitrogens is 1. The number of nitrogens with zero attached hydrogens (tertiary/aromatic N) is 3. The molecule has 0 atom stereocenters. The molecule has 0 saturated heterocycles. The Kier molecular flexibility index (Phi) is 6.34. The summed E-state index contributed by atoms with van der Waals surface area (Å²) in [4.78, 5) is 51.5. The van der Waals surface area contributed by atoms with Gasteiger partial charge in [0.15, 0.2) is 5.69 Å². The number of anilines is 2. The molecular formula is C18H23N5O5. The molecule has 28 heavy (non-hydrogen) atoms. The lowest BCUT2D eigenvalue weighted by molar-refractivity contribution is -0.385. The molecule has 3 N–H and O–H groups in total. The first-order valence-corrected chi connectivity index (χ1v) is 8.92. The molecule has 0 unspecified atom stereocenters. The number of nitrogen functional groups attached to an aromatic ring is 1. The van der Waals surface area contributed by atoms with Crippen LogP contribution in [-0.2, 0) is 6.54 Å². The molecule has 0 saturated carbocycles. The van der Waals surface area contributed by atoms with E-state index in [1.165, 1.54) is 29.7 Å². The van der Waals surface area contributed by atoms with E-state index in [0.29, 0.717) is 13.0 Å². The third kappa shape index (κ3) is 3.80. The van der Waals surface area contributed by atoms with Gasteiger partial charge in [-0.15, -0.1) is 0 Å². The van der Waals surface area contributed by atoms with Gasteiger partial charge in [0.05, 0.1) is 4.92 Å². The predicted molar refractivity (Wildman–Crippen MR) is 106 cm³/mol. The lowest BCUT2D eigenvalue weighted by Crippen LogP contribution is -2.41. The van der Waals surface area contributed by atoms with Gasteiger partial charge in [-0.3, -0.25) is 29.3 Å². The number of benzene rings is 1. The fourth-order valence-corrected chi connectivity index (χ4v) is 2.98. The van der Waals surface area contributed by atoms with Gasteiger partial charge in [-0.25, -0.2) is 4.79 Å². The molecule has 0 aliphatic rings. The number of carbonyl (C=O) groups excluding carboxylic acids is 1. The summed E-state index contributed by atoms with van der Waals surface area (Å²) in [6, 6.07) is 4.15. The van der Waals surface area contributed by atoms with Gasteiger partial charge < -0.3 is 10.6 Å². The van der Waals surface area contributed by atoms with Crippen molar-refractivity contribution < 1.29 is 9.72 Å². The van der Waals surface area contributed by atoms with Crippen molar-refractivity contribution >= 4 is 23.1 Å². The summed E-state index contributed by atoms with van der Waals surface area (Å²) in [6.45, 7) is 5.44. The summed E-state index contributed by atoms with van der Waals surface area (Å²) in [6.07, 6.45) is 1.48. The fraction of sp³-hybridized carbons (Fsp3) is 0.389. The number of unbranched alkanes of at least 4 members (excludes halogenated alkanes) is 1. The maximum Gasteiger partial charge on any atom is 0.330 e. The Balaban J connectivity index is 2.62. The highest BCUT2D eigenvalue weighted by Gasteiger charge is 2.27. The molecule has 0 spiro atoms. The SMILES string of the molecule is CCCCn1c(N)c(N(CC)C(=O)c2cccc([N+](=O)[O-])c2C)c(=O)[nH]c1=O. The number of carbonyl (C=O) groups is 1. The highest BCUT2D eigenvalue weighted by molar-refractivity contribution is 6.08. The van der Waals surface area contributed by atoms with E-state index in [2.05, 4.69) is 4.98 Å². The average Bonchev–Trinajstić information content (AvgIpc) is 2.64. The minimum Gasteiger partial charge on any atom is -0.383 e. The molecule has 0 fully saturated rings. The van der Waals surface area contributed by atoms with Crippen molar-refractivity contribution in [2.75, 3.05) is 17.2 Å². The van der Waals surface area contributed by atoms with E-state index in [4.69, 9.17) is 5.73 Å². The van der Waals surface area contributed by atoms with Crippen molar-refractivity contribution in [3.63, 3.8) is 0 Å². The largest absolute Gasteiger partial charge is 0.383 e. The molecule has 1 heterocycles. The van der Waals surface area contributed by atoms with E-state index in [-0.39, 0.29) is 34.9 Å². The van der Waals surface area contributed by atoms with Crippen LogP contribution in [0.1, 0.15) is 42.6 Å². The first kappa shape index (κ1) is 20.9. The number of hydrogen-bond acceptors (Lipinski definition) is 6. The highest BCUT2D eigenvalue weighted by atomic mass is 16.6. The van der Waals surface area contributed by atoms with Crippen LogP contribution in [0.15, 0.2) is 27.8 Å². The van der Waals surface area contributed by atoms with Gasteiger partial charge in [0.25, 0.3) is 17.2 Å². The zero-order chi connectivity index (χ0) is 21.0. The number of hydrogen-bond donors (Lipinski definition) is 2. The van der Waals surface area contributed by atoms with Crippen LogP contribution in [0.3, 0.4) is 0 Å². The quantitative estimate of drug-likeness (QED) is 0.546. The molecule has 1 amide bonds. The molecule has 0 bridgehead atoms. The number of nitro groups is 1. The Morgan fingerprint density at radius 3 is 2.57 bits per heavy atom. The molecule has 10 nitrogen and oxygen atoms in total. The van der Waals surface area contributed by atoms with E-state index in [9.17, 15) is 24.5 Å². The predicted octanol–water partition coefficient (Wildman–Crippen LogP) is 1.80. The smallest absolute Gasteiger partial charge is 0.330 e. The van der Waals surface area contributed by atoms with Crippen LogP contribution in [0.25, 0.3) is 0 Å². The topological polar surface area (TPSA) is 144 Å². The van der Waals surface area contributed by atoms with Gasteiger partial charge in [0, 0.05) is 30.3 Å². The zero-order valence-electron chi connectivity index (χ0n) is 16.0. The van der Waals surface area contributed by atoms with Crippen LogP contribution in [-0.4, -0.2) is 26.9 Å². The summed E-state index contributed by atoms with van der Waals surface area (Å²) >= 11 is 0. The highest BCUT2D eigenvalue weighted by Crippen LogP contribution is 2.25. The Hall–Kier alpha value is -3.43. The van der Waals surface area contributed by atoms with Crippen LogP contribution in [0, 0.1) is 17.0 Å². The molecule has 150 valence electrons. The van der Waals surface area contributed by atoms with Gasteiger partial charge in [-0.05, 0) is 26.3 Å². The number of nitrogens with one attached hydrogen (secondary N) is 1. The number of aromatic amines is 1. The van der Waals surface area contributed by atoms with Crippen molar-refractivity contribution in [1.29, 1.82) is 0 Å². The molecule has 0 aliphatic carbocycles. The molecule has 0 aliphatic heterocycles. The first-order valence-electron chi connectivity index (χ1n) is 8.92. The van der Waals surface area contributed by atoms with Gasteiger partial charge in [-0.1, -0.05) is 19.4 Å². The molecule has 1 aromatic carbocycles. The Morgan fingerprint density at radius 2 is 2.00 bits per heavy atom. The second-order valence-corrected chi connectivity index (χ2v) is 6.25. The molecule has 0 radical (unpaired) electrons. The van der Waals surface area contributed by atoms with Gasteiger partial charge in [0.1, 0.15) is 5.82 Å². The van der Waals surface area contributed by atoms with Crippen molar-refractivity contribution in [2.24, 2.45) is 0 Å². The fourth-order valence-electron chi connectivity index (χ4n) is 2.98. The van der Waals surface area contributed by atoms with Crippen molar-refractivity contribution in [3.8, 4) is 0 Å². The Labute approximate surface area is 160 Å². The molecule has 2 rings (SSSR count). The molecular weight excluding hydrogens is 366 g/mol. The van der Waals surface area contributed by atoms with Gasteiger partial charge >= 0.3 is 5.69 Å². The van der Waals surface area contributed by atoms with Crippen LogP contribution < -0.4 is 21.9 Å². The number of rotatable bonds is 7. The van der Waals surface area contributed by atoms with E-state index < -0.39 is 22.1 Å². The number of nitro benzene ring substituents is 1. The van der Waals surface area contributed by atoms with Gasteiger partial charge in [0.2, 0.25) is 0 Å². The second kappa shape index (κ2) is 8.51. The van der Waals surface area contributed by atoms with Crippen molar-refractivity contribution in [3.05, 3.63) is 60.3 Å². The van der Waals surface area contributed by atoms with Crippen molar-refractivity contribution in [1.82, 2.24) is 9.55 Å². The van der Waals surface area contributed by atoms with Crippen molar-refractivity contribution in [2.45, 2.75) is 40.2 Å². The standard InChI is InChI=1S/C18H23N5O5/c1-4-6-10-22-15(19)14(16(24)20-18(22)26)21(5-2)17(25)12-8-7-9-13(11(12)3)23(27)28/h7-9H,4-6,10,19H2,1-3H3,(H,20,24,26). The third-order valence-electron chi connectivity index (χ3n) is 4.51. The number of nitrogens with two attached hydrogens (primary N) is 1. The Bertz CT molecular complexity index is 1020. The number of amides is 1. The van der Waals surface area contributed by atoms with Crippen LogP contribution in [0.2, 0.25) is 0 Å². The maximum absolute atomic E-state index is 13.1. The zero-order valence-corrected chi connectivity index (χ0v) is 16.0. The van der Waals surface area contributed by atoms with E-state index in [1.54, 1.807) is 6.92 Å². The normalized spacial score (nSPS) is 10.7. The lowest BCUT2D eigenvalue weighted by atomic mass is 10.1. The molecule has 1 aromatic heterocycles. The second-order valence-electron chi connectivity index (χ2n) is 6.25. The van der Waals surface area contributed by atoms with Crippen LogP contribution in [0.4, 0.5) is 17.2 Å². The third-order valence-corrected chi connectivity index (χ3v) is 4.51. The maximum atomic E-state index is 13.1. The monoisotopic (exact) mass is 389 g/mol. The van der Waals surface area contributed by atoms with E-state index in [0.717, 1.165) is 11.3 Å². The average molecular weight is 389 g/mol. The summed E-state index contributed by atoms with van der Waals surface area (Å²) in [5.74, 6) is -0.720. The van der Waals surface area contributed by atoms with Gasteiger partial charge in [-0.2, -0.15) is 0 Å². The minimum atomic E-state index is -0.784. The summed E-state index contributed by atoms with van der Waals surface area (Å²) in [5.41, 5.74) is 4.58. The summed E-state index contributed by atoms with van der Waals surface area (Å²) in [5, 5.41) is 11.2. The molecule has 2 aromatic rings. The summed E-state index contributed by atoms with van der Waals surface area (Å²) < 4.78 is 1.22.